The maximum absolute atomic E-state index is 11.6. The third-order valence-corrected chi connectivity index (χ3v) is 3.67. The van der Waals surface area contributed by atoms with Crippen molar-refractivity contribution in [1.29, 1.82) is 0 Å². The van der Waals surface area contributed by atoms with E-state index in [1.807, 2.05) is 0 Å². The average molecular weight is 226 g/mol. The van der Waals surface area contributed by atoms with Crippen molar-refractivity contribution in [2.45, 2.75) is 52.5 Å². The summed E-state index contributed by atoms with van der Waals surface area (Å²) in [6.07, 6.45) is 4.29. The molecule has 0 bridgehead atoms. The molecule has 3 nitrogen and oxygen atoms in total. The molecular weight excluding hydrogens is 200 g/mol. The number of carbonyl (C=O) groups is 1. The van der Waals surface area contributed by atoms with Crippen LogP contribution in [0.25, 0.3) is 0 Å². The molecule has 1 aliphatic carbocycles. The van der Waals surface area contributed by atoms with Gasteiger partial charge in [-0.25, -0.2) is 0 Å². The van der Waals surface area contributed by atoms with E-state index in [1.54, 1.807) is 0 Å². The van der Waals surface area contributed by atoms with Crippen LogP contribution < -0.4 is 11.1 Å². The monoisotopic (exact) mass is 226 g/mol. The van der Waals surface area contributed by atoms with Gasteiger partial charge in [0.05, 0.1) is 0 Å². The Bertz CT molecular complexity index is 228. The van der Waals surface area contributed by atoms with E-state index in [2.05, 4.69) is 26.1 Å². The van der Waals surface area contributed by atoms with Crippen molar-refractivity contribution in [2.24, 2.45) is 23.5 Å². The fourth-order valence-corrected chi connectivity index (χ4v) is 2.29. The van der Waals surface area contributed by atoms with Gasteiger partial charge < -0.3 is 11.1 Å². The van der Waals surface area contributed by atoms with E-state index in [4.69, 9.17) is 5.73 Å². The molecule has 1 amide bonds. The smallest absolute Gasteiger partial charge is 0.221 e. The molecule has 0 saturated heterocycles. The van der Waals surface area contributed by atoms with E-state index in [9.17, 15) is 4.79 Å². The van der Waals surface area contributed by atoms with Crippen LogP contribution in [0.3, 0.4) is 0 Å². The van der Waals surface area contributed by atoms with E-state index in [1.165, 1.54) is 19.3 Å². The predicted octanol–water partition coefficient (Wildman–Crippen LogP) is 1.91. The lowest BCUT2D eigenvalue weighted by molar-refractivity contribution is -0.121. The molecule has 0 aliphatic heterocycles. The Morgan fingerprint density at radius 2 is 2.12 bits per heavy atom. The standard InChI is InChI=1S/C13H26N2O/c1-9(2)12(14)7-13(16)15-8-11-5-4-10(3)6-11/h9-12H,4-8,14H2,1-3H3,(H,15,16). The summed E-state index contributed by atoms with van der Waals surface area (Å²) < 4.78 is 0. The van der Waals surface area contributed by atoms with Gasteiger partial charge in [-0.1, -0.05) is 27.2 Å². The van der Waals surface area contributed by atoms with Crippen LogP contribution in [0.15, 0.2) is 0 Å². The molecule has 1 saturated carbocycles. The molecule has 3 unspecified atom stereocenters. The van der Waals surface area contributed by atoms with Crippen LogP contribution in [-0.2, 0) is 4.79 Å². The number of nitrogens with one attached hydrogen (secondary N) is 1. The molecule has 0 aromatic rings. The zero-order chi connectivity index (χ0) is 12.1. The molecule has 16 heavy (non-hydrogen) atoms. The molecule has 1 aliphatic rings. The summed E-state index contributed by atoms with van der Waals surface area (Å²) in [6.45, 7) is 7.23. The lowest BCUT2D eigenvalue weighted by Gasteiger charge is -2.16. The SMILES string of the molecule is CC1CCC(CNC(=O)CC(N)C(C)C)C1. The molecule has 3 N–H and O–H groups in total. The Kier molecular flexibility index (Phi) is 5.26. The zero-order valence-electron chi connectivity index (χ0n) is 10.8. The summed E-state index contributed by atoms with van der Waals surface area (Å²) >= 11 is 0. The molecule has 0 radical (unpaired) electrons. The van der Waals surface area contributed by atoms with Crippen LogP contribution in [-0.4, -0.2) is 18.5 Å². The number of hydrogen-bond donors (Lipinski definition) is 2. The highest BCUT2D eigenvalue weighted by Crippen LogP contribution is 2.29. The first-order valence-electron chi connectivity index (χ1n) is 6.51. The molecule has 3 heteroatoms. The van der Waals surface area contributed by atoms with Gasteiger partial charge in [-0.3, -0.25) is 4.79 Å². The maximum atomic E-state index is 11.6. The molecule has 3 atom stereocenters. The van der Waals surface area contributed by atoms with Crippen LogP contribution in [0.1, 0.15) is 46.5 Å². The number of rotatable bonds is 5. The second-order valence-electron chi connectivity index (χ2n) is 5.70. The van der Waals surface area contributed by atoms with E-state index in [0.717, 1.165) is 12.5 Å². The van der Waals surface area contributed by atoms with E-state index in [-0.39, 0.29) is 11.9 Å². The Morgan fingerprint density at radius 1 is 1.44 bits per heavy atom. The number of carbonyl (C=O) groups excluding carboxylic acids is 1. The van der Waals surface area contributed by atoms with Crippen LogP contribution in [0.4, 0.5) is 0 Å². The number of nitrogens with two attached hydrogens (primary N) is 1. The summed E-state index contributed by atoms with van der Waals surface area (Å²) in [5, 5.41) is 3.01. The summed E-state index contributed by atoms with van der Waals surface area (Å²) in [4.78, 5) is 11.6. The fourth-order valence-electron chi connectivity index (χ4n) is 2.29. The van der Waals surface area contributed by atoms with Crippen LogP contribution in [0, 0.1) is 17.8 Å². The zero-order valence-corrected chi connectivity index (χ0v) is 10.8. The van der Waals surface area contributed by atoms with Gasteiger partial charge in [-0.15, -0.1) is 0 Å². The Balaban J connectivity index is 2.15. The molecule has 0 aromatic heterocycles. The van der Waals surface area contributed by atoms with Crippen molar-refractivity contribution in [3.05, 3.63) is 0 Å². The van der Waals surface area contributed by atoms with Gasteiger partial charge in [0.15, 0.2) is 0 Å². The third kappa shape index (κ3) is 4.52. The highest BCUT2D eigenvalue weighted by molar-refractivity contribution is 5.76. The highest BCUT2D eigenvalue weighted by atomic mass is 16.1. The molecule has 1 fully saturated rings. The van der Waals surface area contributed by atoms with Crippen LogP contribution >= 0.6 is 0 Å². The van der Waals surface area contributed by atoms with Crippen molar-refractivity contribution in [3.8, 4) is 0 Å². The normalized spacial score (nSPS) is 27.1. The summed E-state index contributed by atoms with van der Waals surface area (Å²) in [5.74, 6) is 2.01. The number of hydrogen-bond acceptors (Lipinski definition) is 2. The quantitative estimate of drug-likeness (QED) is 0.752. The first-order valence-corrected chi connectivity index (χ1v) is 6.51. The molecule has 0 spiro atoms. The van der Waals surface area contributed by atoms with E-state index >= 15 is 0 Å². The lowest BCUT2D eigenvalue weighted by atomic mass is 10.0. The van der Waals surface area contributed by atoms with Crippen molar-refractivity contribution < 1.29 is 4.79 Å². The second kappa shape index (κ2) is 6.24. The average Bonchev–Trinajstić information content (AvgIpc) is 2.61. The van der Waals surface area contributed by atoms with Gasteiger partial charge >= 0.3 is 0 Å². The first kappa shape index (κ1) is 13.5. The van der Waals surface area contributed by atoms with Gasteiger partial charge in [0.2, 0.25) is 5.91 Å². The topological polar surface area (TPSA) is 55.1 Å². The fraction of sp³-hybridized carbons (Fsp3) is 0.923. The molecule has 0 aromatic carbocycles. The first-order chi connectivity index (χ1) is 7.49. The minimum atomic E-state index is -0.0116. The van der Waals surface area contributed by atoms with Crippen molar-refractivity contribution in [1.82, 2.24) is 5.32 Å². The van der Waals surface area contributed by atoms with E-state index < -0.39 is 0 Å². The minimum absolute atomic E-state index is 0.0116. The van der Waals surface area contributed by atoms with Crippen molar-refractivity contribution in [2.75, 3.05) is 6.54 Å². The number of amides is 1. The van der Waals surface area contributed by atoms with Gasteiger partial charge in [-0.2, -0.15) is 0 Å². The molecule has 0 heterocycles. The second-order valence-corrected chi connectivity index (χ2v) is 5.70. The van der Waals surface area contributed by atoms with Gasteiger partial charge in [0, 0.05) is 19.0 Å². The van der Waals surface area contributed by atoms with Crippen molar-refractivity contribution >= 4 is 5.91 Å². The van der Waals surface area contributed by atoms with Gasteiger partial charge in [0.1, 0.15) is 0 Å². The molecule has 1 rings (SSSR count). The van der Waals surface area contributed by atoms with Crippen LogP contribution in [0.2, 0.25) is 0 Å². The predicted molar refractivity (Wildman–Crippen MR) is 66.9 cm³/mol. The van der Waals surface area contributed by atoms with E-state index in [0.29, 0.717) is 18.3 Å². The van der Waals surface area contributed by atoms with Crippen molar-refractivity contribution in [3.63, 3.8) is 0 Å². The molecule has 94 valence electrons. The lowest BCUT2D eigenvalue weighted by Crippen LogP contribution is -2.36. The van der Waals surface area contributed by atoms with Crippen LogP contribution in [0.5, 0.6) is 0 Å². The summed E-state index contributed by atoms with van der Waals surface area (Å²) in [5.41, 5.74) is 5.86. The maximum Gasteiger partial charge on any atom is 0.221 e. The largest absolute Gasteiger partial charge is 0.356 e. The summed E-state index contributed by atoms with van der Waals surface area (Å²) in [6, 6.07) is -0.0116. The van der Waals surface area contributed by atoms with Gasteiger partial charge in [-0.05, 0) is 30.6 Å². The molecular formula is C13H26N2O. The Labute approximate surface area is 99.2 Å². The minimum Gasteiger partial charge on any atom is -0.356 e. The third-order valence-electron chi connectivity index (χ3n) is 3.67. The summed E-state index contributed by atoms with van der Waals surface area (Å²) in [7, 11) is 0. The highest BCUT2D eigenvalue weighted by Gasteiger charge is 2.22. The van der Waals surface area contributed by atoms with Gasteiger partial charge in [0.25, 0.3) is 0 Å². The Morgan fingerprint density at radius 3 is 2.62 bits per heavy atom. The Hall–Kier alpha value is -0.570.